The van der Waals surface area contributed by atoms with Gasteiger partial charge >= 0.3 is 59.1 Å². The minimum atomic E-state index is -0.558. The summed E-state index contributed by atoms with van der Waals surface area (Å²) < 4.78 is 0. The molecular formula is C6H2N4Na2O2S2. The van der Waals surface area contributed by atoms with Gasteiger partial charge in [0.25, 0.3) is 11.1 Å². The molecular weight excluding hydrogens is 270 g/mol. The van der Waals surface area contributed by atoms with E-state index in [1.54, 1.807) is 0 Å². The monoisotopic (exact) mass is 272 g/mol. The van der Waals surface area contributed by atoms with Crippen LogP contribution in [0.3, 0.4) is 0 Å². The van der Waals surface area contributed by atoms with E-state index in [0.29, 0.717) is 0 Å². The van der Waals surface area contributed by atoms with Crippen LogP contribution < -0.4 is 70.2 Å². The van der Waals surface area contributed by atoms with Crippen molar-refractivity contribution >= 4 is 36.3 Å². The van der Waals surface area contributed by atoms with Crippen LogP contribution in [-0.2, 0) is 25.3 Å². The zero-order valence-corrected chi connectivity index (χ0v) is 14.2. The van der Waals surface area contributed by atoms with Gasteiger partial charge in [0.15, 0.2) is 11.0 Å². The van der Waals surface area contributed by atoms with E-state index in [2.05, 4.69) is 45.2 Å². The fourth-order valence-corrected chi connectivity index (χ4v) is 1.36. The van der Waals surface area contributed by atoms with Crippen LogP contribution in [0, 0.1) is 0 Å². The van der Waals surface area contributed by atoms with Crippen molar-refractivity contribution in [2.24, 2.45) is 0 Å². The summed E-state index contributed by atoms with van der Waals surface area (Å²) in [5.41, 5.74) is -1.30. The molecule has 10 heteroatoms. The average molecular weight is 272 g/mol. The Kier molecular flexibility index (Phi) is 6.59. The Balaban J connectivity index is 0.00000112. The molecule has 0 bridgehead atoms. The van der Waals surface area contributed by atoms with Crippen LogP contribution >= 0.6 is 0 Å². The molecule has 0 radical (unpaired) electrons. The molecule has 0 aromatic carbocycles. The van der Waals surface area contributed by atoms with Crippen molar-refractivity contribution in [3.63, 3.8) is 0 Å². The molecule has 2 rings (SSSR count). The Morgan fingerprint density at radius 2 is 1.12 bits per heavy atom. The van der Waals surface area contributed by atoms with Gasteiger partial charge in [-0.2, -0.15) is 0 Å². The third-order valence-electron chi connectivity index (χ3n) is 1.52. The molecule has 0 saturated heterocycles. The molecule has 72 valence electrons. The number of aromatic nitrogens is 4. The van der Waals surface area contributed by atoms with Crippen LogP contribution in [0.25, 0.3) is 11.0 Å². The molecule has 16 heavy (non-hydrogen) atoms. The maximum Gasteiger partial charge on any atom is 1.00 e. The Morgan fingerprint density at radius 1 is 0.812 bits per heavy atom. The molecule has 2 aromatic heterocycles. The first-order valence-electron chi connectivity index (χ1n) is 3.46. The number of hydrogen-bond donors (Lipinski definition) is 2. The average Bonchev–Trinajstić information content (AvgIpc) is 2.07. The zero-order valence-electron chi connectivity index (χ0n) is 8.53. The minimum absolute atomic E-state index is 0. The zero-order chi connectivity index (χ0) is 10.3. The quantitative estimate of drug-likeness (QED) is 0.281. The van der Waals surface area contributed by atoms with Gasteiger partial charge in [0.05, 0.1) is 0 Å². The third-order valence-corrected chi connectivity index (χ3v) is 1.91. The predicted molar refractivity (Wildman–Crippen MR) is 52.0 cm³/mol. The van der Waals surface area contributed by atoms with Gasteiger partial charge in [-0.05, 0) is 10.3 Å². The van der Waals surface area contributed by atoms with E-state index in [-0.39, 0.29) is 80.5 Å². The van der Waals surface area contributed by atoms with Crippen LogP contribution in [0.1, 0.15) is 0 Å². The van der Waals surface area contributed by atoms with Gasteiger partial charge in [-0.25, -0.2) is 0 Å². The van der Waals surface area contributed by atoms with Crippen molar-refractivity contribution in [2.75, 3.05) is 0 Å². The summed E-state index contributed by atoms with van der Waals surface area (Å²) in [5.74, 6) is 0. The van der Waals surface area contributed by atoms with Crippen molar-refractivity contribution in [3.05, 3.63) is 20.7 Å². The van der Waals surface area contributed by atoms with Gasteiger partial charge in [0.1, 0.15) is 0 Å². The van der Waals surface area contributed by atoms with Gasteiger partial charge in [-0.15, -0.1) is 0 Å². The van der Waals surface area contributed by atoms with Gasteiger partial charge in [-0.1, -0.05) is 0 Å². The van der Waals surface area contributed by atoms with Crippen LogP contribution in [0.5, 0.6) is 0 Å². The number of rotatable bonds is 0. The summed E-state index contributed by atoms with van der Waals surface area (Å²) >= 11 is 9.29. The molecule has 0 atom stereocenters. The molecule has 0 aliphatic rings. The number of aromatic amines is 2. The molecule has 0 saturated carbocycles. The molecule has 0 unspecified atom stereocenters. The van der Waals surface area contributed by atoms with Crippen molar-refractivity contribution < 1.29 is 59.1 Å². The number of nitrogens with zero attached hydrogens (tertiary/aromatic N) is 2. The van der Waals surface area contributed by atoms with E-state index < -0.39 is 11.1 Å². The summed E-state index contributed by atoms with van der Waals surface area (Å²) in [6, 6.07) is 0. The molecule has 2 N–H and O–H groups in total. The number of hydrogen-bond acceptors (Lipinski definition) is 6. The van der Waals surface area contributed by atoms with Crippen LogP contribution in [-0.4, -0.2) is 19.9 Å². The van der Waals surface area contributed by atoms with Gasteiger partial charge in [0, 0.05) is 0 Å². The van der Waals surface area contributed by atoms with Crippen molar-refractivity contribution in [1.82, 2.24) is 19.9 Å². The number of nitrogens with one attached hydrogen (secondary N) is 2. The largest absolute Gasteiger partial charge is 1.00 e. The fourth-order valence-electron chi connectivity index (χ4n) is 0.994. The predicted octanol–water partition coefficient (Wildman–Crippen LogP) is -7.17. The summed E-state index contributed by atoms with van der Waals surface area (Å²) in [6.45, 7) is 0. The second kappa shape index (κ2) is 6.41. The summed E-state index contributed by atoms with van der Waals surface area (Å²) in [4.78, 5) is 34.4. The molecule has 2 aromatic rings. The second-order valence-corrected chi connectivity index (χ2v) is 3.21. The van der Waals surface area contributed by atoms with Crippen molar-refractivity contribution in [3.8, 4) is 0 Å². The topological polar surface area (TPSA) is 91.5 Å². The fraction of sp³-hybridized carbons (Fsp3) is 0. The minimum Gasteiger partial charge on any atom is -0.742 e. The maximum atomic E-state index is 11.3. The van der Waals surface area contributed by atoms with E-state index in [4.69, 9.17) is 0 Å². The summed E-state index contributed by atoms with van der Waals surface area (Å²) in [5, 5.41) is -0.0983. The number of fused-ring (bicyclic) bond motifs is 1. The van der Waals surface area contributed by atoms with E-state index >= 15 is 0 Å². The van der Waals surface area contributed by atoms with E-state index in [9.17, 15) is 9.59 Å². The Hall–Kier alpha value is 0.460. The maximum absolute atomic E-state index is 11.3. The first-order valence-corrected chi connectivity index (χ1v) is 4.28. The Bertz CT molecular complexity index is 571. The normalized spacial score (nSPS) is 9.25. The third kappa shape index (κ3) is 3.23. The Morgan fingerprint density at radius 3 is 1.44 bits per heavy atom. The SMILES string of the molecule is O=c1[nH]c([S-])nc2c(=O)[nH]c([S-])nc12.[Na+].[Na+]. The first kappa shape index (κ1) is 16.5. The molecule has 0 spiro atoms. The van der Waals surface area contributed by atoms with Gasteiger partial charge < -0.3 is 35.2 Å². The second-order valence-electron chi connectivity index (χ2n) is 2.44. The Labute approximate surface area is 144 Å². The smallest absolute Gasteiger partial charge is 0.742 e. The molecule has 6 nitrogen and oxygen atoms in total. The molecule has 0 fully saturated rings. The molecule has 2 heterocycles. The number of H-pyrrole nitrogens is 2. The molecule has 0 amide bonds. The first-order chi connectivity index (χ1) is 6.58. The molecule has 0 aliphatic heterocycles. The van der Waals surface area contributed by atoms with Gasteiger partial charge in [-0.3, -0.25) is 19.6 Å². The van der Waals surface area contributed by atoms with Crippen molar-refractivity contribution in [2.45, 2.75) is 10.3 Å². The van der Waals surface area contributed by atoms with Gasteiger partial charge in [0.2, 0.25) is 0 Å². The standard InChI is InChI=1S/C6H4N4O2S2.2Na/c11-3-1-2(8-6(14)9-3)4(12)10-5(13)7-1;;/h(H2,7,10,12,13)(H2,8,9,11,14);;/q;2*+1/p-2. The van der Waals surface area contributed by atoms with E-state index in [0.717, 1.165) is 0 Å². The summed E-state index contributed by atoms with van der Waals surface area (Å²) in [6.07, 6.45) is 0. The molecule has 0 aliphatic carbocycles. The van der Waals surface area contributed by atoms with Crippen LogP contribution in [0.2, 0.25) is 0 Å². The van der Waals surface area contributed by atoms with E-state index in [1.807, 2.05) is 0 Å². The van der Waals surface area contributed by atoms with Crippen LogP contribution in [0.15, 0.2) is 19.9 Å². The van der Waals surface area contributed by atoms with Crippen molar-refractivity contribution in [1.29, 1.82) is 0 Å². The van der Waals surface area contributed by atoms with E-state index in [1.165, 1.54) is 0 Å². The summed E-state index contributed by atoms with van der Waals surface area (Å²) in [7, 11) is 0. The van der Waals surface area contributed by atoms with Crippen LogP contribution in [0.4, 0.5) is 0 Å².